The van der Waals surface area contributed by atoms with E-state index in [9.17, 15) is 4.79 Å². The van der Waals surface area contributed by atoms with Gasteiger partial charge in [-0.1, -0.05) is 70.4 Å². The SMILES string of the molecule is CCCCCCCCC=CCCCCCCCC(=O)PO. The van der Waals surface area contributed by atoms with Crippen LogP contribution >= 0.6 is 8.81 Å². The summed E-state index contributed by atoms with van der Waals surface area (Å²) in [6.07, 6.45) is 21.8. The maximum Gasteiger partial charge on any atom is 0.178 e. The van der Waals surface area contributed by atoms with E-state index in [1.165, 1.54) is 70.6 Å². The Kier molecular flexibility index (Phi) is 17.7. The first kappa shape index (κ1) is 20.8. The summed E-state index contributed by atoms with van der Waals surface area (Å²) in [5.41, 5.74) is 0.00706. The van der Waals surface area contributed by atoms with Gasteiger partial charge in [-0.25, -0.2) is 0 Å². The fourth-order valence-electron chi connectivity index (χ4n) is 2.41. The molecule has 0 heterocycles. The summed E-state index contributed by atoms with van der Waals surface area (Å²) in [5.74, 6) is 0. The molecular formula is C18H35O2P. The van der Waals surface area contributed by atoms with Crippen LogP contribution in [0, 0.1) is 0 Å². The van der Waals surface area contributed by atoms with E-state index in [1.807, 2.05) is 0 Å². The van der Waals surface area contributed by atoms with Crippen molar-refractivity contribution in [2.75, 3.05) is 0 Å². The van der Waals surface area contributed by atoms with Crippen LogP contribution in [0.15, 0.2) is 12.2 Å². The van der Waals surface area contributed by atoms with Gasteiger partial charge in [0.25, 0.3) is 0 Å². The minimum absolute atomic E-state index is 0.00706. The fraction of sp³-hybridized carbons (Fsp3) is 0.833. The fourth-order valence-corrected chi connectivity index (χ4v) is 2.70. The summed E-state index contributed by atoms with van der Waals surface area (Å²) < 4.78 is 0. The van der Waals surface area contributed by atoms with Crippen LogP contribution < -0.4 is 0 Å². The number of carbonyl (C=O) groups excluding carboxylic acids is 1. The van der Waals surface area contributed by atoms with Crippen LogP contribution in [-0.2, 0) is 4.79 Å². The van der Waals surface area contributed by atoms with Gasteiger partial charge in [0.05, 0.1) is 8.81 Å². The van der Waals surface area contributed by atoms with Crippen molar-refractivity contribution in [1.82, 2.24) is 0 Å². The highest BCUT2D eigenvalue weighted by molar-refractivity contribution is 7.52. The molecule has 124 valence electrons. The Hall–Kier alpha value is -0.200. The molecule has 1 atom stereocenters. The van der Waals surface area contributed by atoms with E-state index < -0.39 is 8.81 Å². The van der Waals surface area contributed by atoms with Crippen LogP contribution in [0.3, 0.4) is 0 Å². The second-order valence-corrected chi connectivity index (χ2v) is 6.65. The molecule has 0 fully saturated rings. The molecule has 1 N–H and O–H groups in total. The van der Waals surface area contributed by atoms with Crippen molar-refractivity contribution in [3.8, 4) is 0 Å². The molecule has 0 rings (SSSR count). The summed E-state index contributed by atoms with van der Waals surface area (Å²) in [5, 5.41) is 0. The number of allylic oxidation sites excluding steroid dienone is 2. The van der Waals surface area contributed by atoms with E-state index in [-0.39, 0.29) is 5.52 Å². The van der Waals surface area contributed by atoms with Crippen LogP contribution in [0.1, 0.15) is 96.8 Å². The van der Waals surface area contributed by atoms with Crippen molar-refractivity contribution in [3.63, 3.8) is 0 Å². The lowest BCUT2D eigenvalue weighted by molar-refractivity contribution is -0.111. The van der Waals surface area contributed by atoms with Crippen molar-refractivity contribution < 1.29 is 9.69 Å². The number of hydrogen-bond donors (Lipinski definition) is 1. The second-order valence-electron chi connectivity index (χ2n) is 5.87. The van der Waals surface area contributed by atoms with Crippen LogP contribution in [-0.4, -0.2) is 10.4 Å². The van der Waals surface area contributed by atoms with E-state index in [1.54, 1.807) is 0 Å². The quantitative estimate of drug-likeness (QED) is 0.211. The van der Waals surface area contributed by atoms with Gasteiger partial charge in [-0.3, -0.25) is 4.79 Å². The molecule has 0 saturated heterocycles. The molecule has 0 aromatic carbocycles. The number of hydrogen-bond acceptors (Lipinski definition) is 2. The second kappa shape index (κ2) is 17.9. The number of rotatable bonds is 16. The first-order chi connectivity index (χ1) is 10.3. The predicted molar refractivity (Wildman–Crippen MR) is 95.0 cm³/mol. The largest absolute Gasteiger partial charge is 0.369 e. The molecule has 0 aliphatic rings. The molecule has 0 aliphatic carbocycles. The van der Waals surface area contributed by atoms with Crippen LogP contribution in [0.25, 0.3) is 0 Å². The average Bonchev–Trinajstić information content (AvgIpc) is 2.50. The first-order valence-corrected chi connectivity index (χ1v) is 9.84. The Bertz CT molecular complexity index is 252. The van der Waals surface area contributed by atoms with Crippen molar-refractivity contribution in [1.29, 1.82) is 0 Å². The molecular weight excluding hydrogens is 279 g/mol. The highest BCUT2D eigenvalue weighted by Crippen LogP contribution is 2.13. The Labute approximate surface area is 133 Å². The van der Waals surface area contributed by atoms with E-state index in [0.29, 0.717) is 6.42 Å². The smallest absolute Gasteiger partial charge is 0.178 e. The van der Waals surface area contributed by atoms with E-state index in [2.05, 4.69) is 19.1 Å². The minimum Gasteiger partial charge on any atom is -0.369 e. The zero-order valence-corrected chi connectivity index (χ0v) is 14.9. The molecule has 0 aromatic heterocycles. The normalized spacial score (nSPS) is 11.9. The van der Waals surface area contributed by atoms with Gasteiger partial charge in [0, 0.05) is 6.42 Å². The molecule has 0 spiro atoms. The zero-order valence-electron chi connectivity index (χ0n) is 13.9. The minimum atomic E-state index is -0.505. The van der Waals surface area contributed by atoms with Crippen molar-refractivity contribution >= 4 is 14.3 Å². The van der Waals surface area contributed by atoms with Crippen LogP contribution in [0.4, 0.5) is 0 Å². The maximum absolute atomic E-state index is 10.9. The van der Waals surface area contributed by atoms with E-state index >= 15 is 0 Å². The Balaban J connectivity index is 3.10. The van der Waals surface area contributed by atoms with Gasteiger partial charge in [-0.05, 0) is 32.1 Å². The zero-order chi connectivity index (χ0) is 15.6. The van der Waals surface area contributed by atoms with Crippen molar-refractivity contribution in [2.45, 2.75) is 96.8 Å². The molecule has 0 aliphatic heterocycles. The lowest BCUT2D eigenvalue weighted by atomic mass is 10.1. The van der Waals surface area contributed by atoms with Crippen LogP contribution in [0.5, 0.6) is 0 Å². The van der Waals surface area contributed by atoms with Crippen molar-refractivity contribution in [2.24, 2.45) is 0 Å². The summed E-state index contributed by atoms with van der Waals surface area (Å²) in [4.78, 5) is 19.5. The molecule has 0 radical (unpaired) electrons. The average molecular weight is 314 g/mol. The van der Waals surface area contributed by atoms with Gasteiger partial charge in [-0.2, -0.15) is 0 Å². The molecule has 1 unspecified atom stereocenters. The third-order valence-electron chi connectivity index (χ3n) is 3.79. The summed E-state index contributed by atoms with van der Waals surface area (Å²) in [6, 6.07) is 0. The van der Waals surface area contributed by atoms with Gasteiger partial charge in [0.2, 0.25) is 0 Å². The molecule has 0 amide bonds. The van der Waals surface area contributed by atoms with Crippen molar-refractivity contribution in [3.05, 3.63) is 12.2 Å². The lowest BCUT2D eigenvalue weighted by Crippen LogP contribution is -1.88. The maximum atomic E-state index is 10.9. The summed E-state index contributed by atoms with van der Waals surface area (Å²) in [6.45, 7) is 2.26. The molecule has 3 heteroatoms. The van der Waals surface area contributed by atoms with Gasteiger partial charge >= 0.3 is 0 Å². The topological polar surface area (TPSA) is 37.3 Å². The van der Waals surface area contributed by atoms with Gasteiger partial charge in [-0.15, -0.1) is 0 Å². The highest BCUT2D eigenvalue weighted by atomic mass is 31.1. The molecule has 21 heavy (non-hydrogen) atoms. The monoisotopic (exact) mass is 314 g/mol. The molecule has 0 aromatic rings. The Morgan fingerprint density at radius 1 is 0.810 bits per heavy atom. The molecule has 0 bridgehead atoms. The third kappa shape index (κ3) is 17.7. The lowest BCUT2D eigenvalue weighted by Gasteiger charge is -1.99. The Morgan fingerprint density at radius 3 is 1.81 bits per heavy atom. The van der Waals surface area contributed by atoms with E-state index in [0.717, 1.165) is 12.8 Å². The molecule has 2 nitrogen and oxygen atoms in total. The number of unbranched alkanes of at least 4 members (excludes halogenated alkanes) is 11. The Morgan fingerprint density at radius 2 is 1.29 bits per heavy atom. The molecule has 0 saturated carbocycles. The van der Waals surface area contributed by atoms with Gasteiger partial charge in [0.15, 0.2) is 5.52 Å². The van der Waals surface area contributed by atoms with E-state index in [4.69, 9.17) is 4.89 Å². The van der Waals surface area contributed by atoms with Crippen LogP contribution in [0.2, 0.25) is 0 Å². The number of carbonyl (C=O) groups is 1. The predicted octanol–water partition coefficient (Wildman–Crippen LogP) is 6.14. The summed E-state index contributed by atoms with van der Waals surface area (Å²) in [7, 11) is -0.505. The highest BCUT2D eigenvalue weighted by Gasteiger charge is 1.98. The summed E-state index contributed by atoms with van der Waals surface area (Å²) >= 11 is 0. The first-order valence-electron chi connectivity index (χ1n) is 8.89. The van der Waals surface area contributed by atoms with Gasteiger partial charge in [0.1, 0.15) is 0 Å². The van der Waals surface area contributed by atoms with Gasteiger partial charge < -0.3 is 4.89 Å². The third-order valence-corrected chi connectivity index (χ3v) is 4.29. The standard InChI is InChI=1S/C18H35O2P/c1-2-3-4-5-6-7-8-9-10-11-12-13-14-15-16-17-18(19)21-20/h9-10,20-21H,2-8,11-17H2,1H3.